The van der Waals surface area contributed by atoms with E-state index in [9.17, 15) is 0 Å². The zero-order chi connectivity index (χ0) is 16.6. The average Bonchev–Trinajstić information content (AvgIpc) is 2.89. The number of thiazole rings is 1. The van der Waals surface area contributed by atoms with Crippen LogP contribution in [0.25, 0.3) is 21.0 Å². The van der Waals surface area contributed by atoms with Crippen LogP contribution in [0.3, 0.4) is 0 Å². The highest BCUT2D eigenvalue weighted by Gasteiger charge is 2.15. The van der Waals surface area contributed by atoms with E-state index in [2.05, 4.69) is 64.1 Å². The van der Waals surface area contributed by atoms with Crippen molar-refractivity contribution in [3.8, 4) is 21.0 Å². The maximum absolute atomic E-state index is 5.98. The normalized spacial score (nSPS) is 11.7. The molecule has 0 N–H and O–H groups in total. The van der Waals surface area contributed by atoms with E-state index in [-0.39, 0.29) is 5.41 Å². The van der Waals surface area contributed by atoms with Crippen molar-refractivity contribution < 1.29 is 0 Å². The molecule has 0 fully saturated rings. The number of aromatic nitrogens is 1. The van der Waals surface area contributed by atoms with E-state index in [4.69, 9.17) is 16.6 Å². The Kier molecular flexibility index (Phi) is 4.31. The van der Waals surface area contributed by atoms with Gasteiger partial charge in [0, 0.05) is 10.6 Å². The summed E-state index contributed by atoms with van der Waals surface area (Å²) in [5.41, 5.74) is 4.92. The lowest BCUT2D eigenvalue weighted by Crippen LogP contribution is -2.10. The van der Waals surface area contributed by atoms with Gasteiger partial charge in [0.05, 0.1) is 10.6 Å². The van der Waals surface area contributed by atoms with Gasteiger partial charge in [-0.2, -0.15) is 0 Å². The topological polar surface area (TPSA) is 12.9 Å². The number of nitrogens with zero attached hydrogens (tertiary/aromatic N) is 1. The van der Waals surface area contributed by atoms with Crippen molar-refractivity contribution in [3.05, 3.63) is 64.8 Å². The van der Waals surface area contributed by atoms with Crippen molar-refractivity contribution in [2.75, 3.05) is 0 Å². The van der Waals surface area contributed by atoms with E-state index < -0.39 is 0 Å². The fraction of sp³-hybridized carbons (Fsp3) is 0.250. The van der Waals surface area contributed by atoms with Crippen LogP contribution >= 0.6 is 22.9 Å². The van der Waals surface area contributed by atoms with Gasteiger partial charge >= 0.3 is 0 Å². The van der Waals surface area contributed by atoms with Gasteiger partial charge in [0.2, 0.25) is 0 Å². The minimum Gasteiger partial charge on any atom is -0.241 e. The molecule has 3 heteroatoms. The van der Waals surface area contributed by atoms with Gasteiger partial charge in [-0.1, -0.05) is 68.8 Å². The van der Waals surface area contributed by atoms with Crippen LogP contribution in [0.2, 0.25) is 5.02 Å². The number of benzene rings is 2. The molecular formula is C20H20ClNS. The molecule has 0 amide bonds. The summed E-state index contributed by atoms with van der Waals surface area (Å²) in [6, 6.07) is 16.7. The van der Waals surface area contributed by atoms with Crippen LogP contribution in [-0.2, 0) is 5.41 Å². The molecule has 0 aliphatic heterocycles. The molecule has 1 aromatic heterocycles. The number of halogens is 1. The first-order valence-corrected chi connectivity index (χ1v) is 8.88. The summed E-state index contributed by atoms with van der Waals surface area (Å²) in [5, 5.41) is 1.82. The predicted molar refractivity (Wildman–Crippen MR) is 101 cm³/mol. The molecule has 3 rings (SSSR count). The first-order valence-electron chi connectivity index (χ1n) is 7.69. The van der Waals surface area contributed by atoms with Crippen molar-refractivity contribution in [3.63, 3.8) is 0 Å². The van der Waals surface area contributed by atoms with Gasteiger partial charge in [-0.05, 0) is 35.6 Å². The highest BCUT2D eigenvalue weighted by atomic mass is 35.5. The van der Waals surface area contributed by atoms with Gasteiger partial charge in [0.15, 0.2) is 0 Å². The van der Waals surface area contributed by atoms with E-state index in [0.29, 0.717) is 0 Å². The lowest BCUT2D eigenvalue weighted by atomic mass is 9.87. The molecule has 118 valence electrons. The summed E-state index contributed by atoms with van der Waals surface area (Å²) in [6.07, 6.45) is 0. The lowest BCUT2D eigenvalue weighted by Gasteiger charge is -2.18. The Morgan fingerprint density at radius 3 is 2.00 bits per heavy atom. The van der Waals surface area contributed by atoms with Crippen molar-refractivity contribution in [2.45, 2.75) is 33.1 Å². The number of hydrogen-bond donors (Lipinski definition) is 0. The molecule has 2 aromatic carbocycles. The highest BCUT2D eigenvalue weighted by molar-refractivity contribution is 7.18. The molecule has 0 atom stereocenters. The fourth-order valence-corrected chi connectivity index (χ4v) is 3.70. The van der Waals surface area contributed by atoms with Gasteiger partial charge in [-0.3, -0.25) is 0 Å². The minimum absolute atomic E-state index is 0.172. The Bertz CT molecular complexity index is 808. The molecule has 1 nitrogen and oxygen atoms in total. The minimum atomic E-state index is 0.172. The van der Waals surface area contributed by atoms with Crippen LogP contribution < -0.4 is 0 Å². The third-order valence-electron chi connectivity index (χ3n) is 3.90. The first-order chi connectivity index (χ1) is 10.8. The van der Waals surface area contributed by atoms with E-state index >= 15 is 0 Å². The fourth-order valence-electron chi connectivity index (χ4n) is 2.50. The molecule has 0 saturated carbocycles. The Morgan fingerprint density at radius 1 is 0.870 bits per heavy atom. The van der Waals surface area contributed by atoms with Crippen LogP contribution in [0.4, 0.5) is 0 Å². The van der Waals surface area contributed by atoms with Crippen molar-refractivity contribution in [1.29, 1.82) is 0 Å². The van der Waals surface area contributed by atoms with Gasteiger partial charge in [0.25, 0.3) is 0 Å². The number of rotatable bonds is 2. The zero-order valence-corrected chi connectivity index (χ0v) is 15.4. The summed E-state index contributed by atoms with van der Waals surface area (Å²) in [5.74, 6) is 0. The number of aryl methyl sites for hydroxylation is 1. The molecule has 1 heterocycles. The first kappa shape index (κ1) is 16.2. The Morgan fingerprint density at radius 2 is 1.43 bits per heavy atom. The third-order valence-corrected chi connectivity index (χ3v) is 5.41. The van der Waals surface area contributed by atoms with Crippen LogP contribution in [0.15, 0.2) is 48.5 Å². The third kappa shape index (κ3) is 3.49. The van der Waals surface area contributed by atoms with E-state index in [0.717, 1.165) is 15.7 Å². The molecule has 23 heavy (non-hydrogen) atoms. The Hall–Kier alpha value is -1.64. The summed E-state index contributed by atoms with van der Waals surface area (Å²) in [6.45, 7) is 8.75. The number of hydrogen-bond acceptors (Lipinski definition) is 2. The molecule has 0 bridgehead atoms. The monoisotopic (exact) mass is 341 g/mol. The highest BCUT2D eigenvalue weighted by Crippen LogP contribution is 2.36. The molecule has 0 spiro atoms. The predicted octanol–water partition coefficient (Wildman–Crippen LogP) is 6.74. The van der Waals surface area contributed by atoms with E-state index in [1.54, 1.807) is 11.3 Å². The summed E-state index contributed by atoms with van der Waals surface area (Å²) < 4.78 is 0. The largest absolute Gasteiger partial charge is 0.241 e. The summed E-state index contributed by atoms with van der Waals surface area (Å²) in [7, 11) is 0. The van der Waals surface area contributed by atoms with E-state index in [1.165, 1.54) is 21.6 Å². The Labute approximate surface area is 147 Å². The molecule has 0 radical (unpaired) electrons. The van der Waals surface area contributed by atoms with Crippen molar-refractivity contribution in [1.82, 2.24) is 4.98 Å². The van der Waals surface area contributed by atoms with Gasteiger partial charge in [-0.15, -0.1) is 11.3 Å². The molecule has 0 aliphatic rings. The summed E-state index contributed by atoms with van der Waals surface area (Å²) in [4.78, 5) is 5.96. The smallest absolute Gasteiger partial charge is 0.124 e. The maximum Gasteiger partial charge on any atom is 0.124 e. The van der Waals surface area contributed by atoms with E-state index in [1.807, 2.05) is 12.1 Å². The van der Waals surface area contributed by atoms with Crippen LogP contribution in [-0.4, -0.2) is 4.98 Å². The lowest BCUT2D eigenvalue weighted by molar-refractivity contribution is 0.590. The second kappa shape index (κ2) is 6.10. The summed E-state index contributed by atoms with van der Waals surface area (Å²) >= 11 is 7.71. The van der Waals surface area contributed by atoms with Crippen molar-refractivity contribution >= 4 is 22.9 Å². The van der Waals surface area contributed by atoms with Crippen LogP contribution in [0.1, 0.15) is 32.0 Å². The second-order valence-electron chi connectivity index (χ2n) is 6.77. The average molecular weight is 342 g/mol. The Balaban J connectivity index is 1.96. The van der Waals surface area contributed by atoms with Gasteiger partial charge < -0.3 is 0 Å². The standard InChI is InChI=1S/C20H20ClNS/c1-13-18(14-7-11-17(21)12-8-14)23-19(22-13)15-5-9-16(10-6-15)20(2,3)4/h5-12H,1-4H3. The quantitative estimate of drug-likeness (QED) is 0.503. The zero-order valence-electron chi connectivity index (χ0n) is 13.9. The van der Waals surface area contributed by atoms with Crippen LogP contribution in [0, 0.1) is 6.92 Å². The molecule has 0 unspecified atom stereocenters. The molecule has 3 aromatic rings. The molecular weight excluding hydrogens is 322 g/mol. The van der Waals surface area contributed by atoms with Gasteiger partial charge in [0.1, 0.15) is 5.01 Å². The maximum atomic E-state index is 5.98. The molecule has 0 saturated heterocycles. The van der Waals surface area contributed by atoms with Gasteiger partial charge in [-0.25, -0.2) is 4.98 Å². The second-order valence-corrected chi connectivity index (χ2v) is 8.20. The van der Waals surface area contributed by atoms with Crippen LogP contribution in [0.5, 0.6) is 0 Å². The van der Waals surface area contributed by atoms with Crippen molar-refractivity contribution in [2.24, 2.45) is 0 Å². The molecule has 0 aliphatic carbocycles. The SMILES string of the molecule is Cc1nc(-c2ccc(C(C)(C)C)cc2)sc1-c1ccc(Cl)cc1.